The highest BCUT2D eigenvalue weighted by molar-refractivity contribution is 5.46. The zero-order chi connectivity index (χ0) is 11.4. The summed E-state index contributed by atoms with van der Waals surface area (Å²) in [5.41, 5.74) is 1.93. The van der Waals surface area contributed by atoms with Crippen LogP contribution in [0.4, 0.5) is 10.1 Å². The van der Waals surface area contributed by atoms with Gasteiger partial charge in [0, 0.05) is 12.2 Å². The van der Waals surface area contributed by atoms with Gasteiger partial charge in [-0.25, -0.2) is 4.39 Å². The monoisotopic (exact) mass is 217 g/mol. The zero-order valence-corrected chi connectivity index (χ0v) is 8.65. The van der Waals surface area contributed by atoms with Crippen molar-refractivity contribution in [2.24, 2.45) is 0 Å². The van der Waals surface area contributed by atoms with Gasteiger partial charge in [0.05, 0.1) is 0 Å². The molecule has 0 fully saturated rings. The number of hydrogen-bond acceptors (Lipinski definition) is 2. The van der Waals surface area contributed by atoms with E-state index < -0.39 is 0 Å². The summed E-state index contributed by atoms with van der Waals surface area (Å²) in [6.45, 7) is 0.630. The fourth-order valence-electron chi connectivity index (χ4n) is 1.39. The van der Waals surface area contributed by atoms with Crippen molar-refractivity contribution in [3.05, 3.63) is 59.9 Å². The second-order valence-electron chi connectivity index (χ2n) is 3.53. The van der Waals surface area contributed by atoms with Crippen molar-refractivity contribution in [3.8, 4) is 5.75 Å². The van der Waals surface area contributed by atoms with Gasteiger partial charge in [0.15, 0.2) is 0 Å². The summed E-state index contributed by atoms with van der Waals surface area (Å²) in [5.74, 6) is 0.0146. The molecule has 0 heterocycles. The average Bonchev–Trinajstić information content (AvgIpc) is 2.30. The van der Waals surface area contributed by atoms with Crippen LogP contribution in [0, 0.1) is 5.82 Å². The van der Waals surface area contributed by atoms with Gasteiger partial charge in [-0.1, -0.05) is 12.1 Å². The van der Waals surface area contributed by atoms with Crippen molar-refractivity contribution in [1.82, 2.24) is 0 Å². The molecule has 82 valence electrons. The first kappa shape index (κ1) is 10.5. The topological polar surface area (TPSA) is 32.3 Å². The molecule has 0 aliphatic heterocycles. The molecule has 0 aromatic heterocycles. The standard InChI is InChI=1S/C13H12FNO/c14-11-3-1-10(2-4-11)9-15-12-5-7-13(16)8-6-12/h1-8,15-16H,9H2. The number of hydrogen-bond donors (Lipinski definition) is 2. The summed E-state index contributed by atoms with van der Waals surface area (Å²) in [5, 5.41) is 12.3. The first-order chi connectivity index (χ1) is 7.74. The van der Waals surface area contributed by atoms with Crippen molar-refractivity contribution in [2.45, 2.75) is 6.54 Å². The Morgan fingerprint density at radius 2 is 1.56 bits per heavy atom. The minimum Gasteiger partial charge on any atom is -0.508 e. The van der Waals surface area contributed by atoms with Crippen LogP contribution in [0.15, 0.2) is 48.5 Å². The molecule has 3 heteroatoms. The molecular weight excluding hydrogens is 205 g/mol. The lowest BCUT2D eigenvalue weighted by molar-refractivity contribution is 0.475. The van der Waals surface area contributed by atoms with E-state index in [-0.39, 0.29) is 11.6 Å². The van der Waals surface area contributed by atoms with Crippen molar-refractivity contribution in [3.63, 3.8) is 0 Å². The van der Waals surface area contributed by atoms with Crippen LogP contribution in [0.25, 0.3) is 0 Å². The van der Waals surface area contributed by atoms with Crippen LogP contribution in [0.2, 0.25) is 0 Å². The highest BCUT2D eigenvalue weighted by Gasteiger charge is 1.95. The van der Waals surface area contributed by atoms with Crippen molar-refractivity contribution in [2.75, 3.05) is 5.32 Å². The molecule has 0 saturated carbocycles. The summed E-state index contributed by atoms with van der Waals surface area (Å²) in [6.07, 6.45) is 0. The smallest absolute Gasteiger partial charge is 0.123 e. The van der Waals surface area contributed by atoms with E-state index in [1.165, 1.54) is 12.1 Å². The lowest BCUT2D eigenvalue weighted by atomic mass is 10.2. The largest absolute Gasteiger partial charge is 0.508 e. The Hall–Kier alpha value is -2.03. The predicted octanol–water partition coefficient (Wildman–Crippen LogP) is 3.14. The van der Waals surface area contributed by atoms with Gasteiger partial charge in [-0.3, -0.25) is 0 Å². The van der Waals surface area contributed by atoms with Crippen LogP contribution in [-0.2, 0) is 6.54 Å². The number of phenols is 1. The van der Waals surface area contributed by atoms with E-state index in [9.17, 15) is 4.39 Å². The van der Waals surface area contributed by atoms with Crippen LogP contribution in [0.1, 0.15) is 5.56 Å². The van der Waals surface area contributed by atoms with E-state index >= 15 is 0 Å². The zero-order valence-electron chi connectivity index (χ0n) is 8.65. The minimum atomic E-state index is -0.228. The Kier molecular flexibility index (Phi) is 3.05. The Morgan fingerprint density at radius 1 is 0.938 bits per heavy atom. The maximum atomic E-state index is 12.6. The molecule has 0 radical (unpaired) electrons. The molecule has 2 aromatic carbocycles. The Morgan fingerprint density at radius 3 is 2.19 bits per heavy atom. The maximum Gasteiger partial charge on any atom is 0.123 e. The van der Waals surface area contributed by atoms with Gasteiger partial charge in [-0.05, 0) is 42.0 Å². The third-order valence-corrected chi connectivity index (χ3v) is 2.28. The summed E-state index contributed by atoms with van der Waals surface area (Å²) in [6, 6.07) is 13.2. The Labute approximate surface area is 93.4 Å². The number of anilines is 1. The number of halogens is 1. The highest BCUT2D eigenvalue weighted by Crippen LogP contribution is 2.14. The second kappa shape index (κ2) is 4.66. The summed E-state index contributed by atoms with van der Waals surface area (Å²) in [7, 11) is 0. The molecular formula is C13H12FNO. The number of aromatic hydroxyl groups is 1. The highest BCUT2D eigenvalue weighted by atomic mass is 19.1. The molecule has 0 aliphatic carbocycles. The molecule has 0 bridgehead atoms. The maximum absolute atomic E-state index is 12.6. The van der Waals surface area contributed by atoms with Gasteiger partial charge in [0.25, 0.3) is 0 Å². The number of phenolic OH excluding ortho intramolecular Hbond substituents is 1. The predicted molar refractivity (Wildman–Crippen MR) is 61.8 cm³/mol. The van der Waals surface area contributed by atoms with Crippen molar-refractivity contribution in [1.29, 1.82) is 0 Å². The number of rotatable bonds is 3. The third kappa shape index (κ3) is 2.73. The second-order valence-corrected chi connectivity index (χ2v) is 3.53. The van der Waals surface area contributed by atoms with Gasteiger partial charge in [-0.2, -0.15) is 0 Å². The molecule has 0 atom stereocenters. The van der Waals surface area contributed by atoms with E-state index in [1.54, 1.807) is 36.4 Å². The van der Waals surface area contributed by atoms with Crippen LogP contribution < -0.4 is 5.32 Å². The van der Waals surface area contributed by atoms with Gasteiger partial charge in [0.1, 0.15) is 11.6 Å². The fraction of sp³-hybridized carbons (Fsp3) is 0.0769. The minimum absolute atomic E-state index is 0.228. The fourth-order valence-corrected chi connectivity index (χ4v) is 1.39. The van der Waals surface area contributed by atoms with Gasteiger partial charge >= 0.3 is 0 Å². The summed E-state index contributed by atoms with van der Waals surface area (Å²) >= 11 is 0. The molecule has 0 spiro atoms. The number of nitrogens with one attached hydrogen (secondary N) is 1. The first-order valence-corrected chi connectivity index (χ1v) is 5.01. The van der Waals surface area contributed by atoms with E-state index in [2.05, 4.69) is 5.32 Å². The van der Waals surface area contributed by atoms with E-state index in [0.717, 1.165) is 11.3 Å². The van der Waals surface area contributed by atoms with E-state index in [0.29, 0.717) is 6.54 Å². The van der Waals surface area contributed by atoms with E-state index in [4.69, 9.17) is 5.11 Å². The molecule has 2 aromatic rings. The van der Waals surface area contributed by atoms with Crippen molar-refractivity contribution < 1.29 is 9.50 Å². The van der Waals surface area contributed by atoms with E-state index in [1.807, 2.05) is 0 Å². The Bertz CT molecular complexity index is 405. The summed E-state index contributed by atoms with van der Waals surface area (Å²) < 4.78 is 12.6. The van der Waals surface area contributed by atoms with Gasteiger partial charge in [-0.15, -0.1) is 0 Å². The molecule has 0 amide bonds. The average molecular weight is 217 g/mol. The third-order valence-electron chi connectivity index (χ3n) is 2.28. The molecule has 2 rings (SSSR count). The Balaban J connectivity index is 1.97. The van der Waals surface area contributed by atoms with Crippen molar-refractivity contribution >= 4 is 5.69 Å². The molecule has 0 unspecified atom stereocenters. The van der Waals surface area contributed by atoms with Crippen LogP contribution in [-0.4, -0.2) is 5.11 Å². The van der Waals surface area contributed by atoms with Gasteiger partial charge < -0.3 is 10.4 Å². The first-order valence-electron chi connectivity index (χ1n) is 5.01. The van der Waals surface area contributed by atoms with Crippen LogP contribution in [0.3, 0.4) is 0 Å². The van der Waals surface area contributed by atoms with Gasteiger partial charge in [0.2, 0.25) is 0 Å². The SMILES string of the molecule is Oc1ccc(NCc2ccc(F)cc2)cc1. The molecule has 2 N–H and O–H groups in total. The van der Waals surface area contributed by atoms with Crippen LogP contribution in [0.5, 0.6) is 5.75 Å². The molecule has 2 nitrogen and oxygen atoms in total. The molecule has 0 aliphatic rings. The summed E-state index contributed by atoms with van der Waals surface area (Å²) in [4.78, 5) is 0. The number of benzene rings is 2. The molecule has 0 saturated heterocycles. The quantitative estimate of drug-likeness (QED) is 0.774. The lowest BCUT2D eigenvalue weighted by Crippen LogP contribution is -1.98. The lowest BCUT2D eigenvalue weighted by Gasteiger charge is -2.06. The normalized spacial score (nSPS) is 10.1. The molecule has 16 heavy (non-hydrogen) atoms. The van der Waals surface area contributed by atoms with Crippen LogP contribution >= 0.6 is 0 Å².